The van der Waals surface area contributed by atoms with Crippen LogP contribution in [0.5, 0.6) is 0 Å². The first-order chi connectivity index (χ1) is 15.3. The number of rotatable bonds is 5. The first-order valence-corrected chi connectivity index (χ1v) is 11.6. The van der Waals surface area contributed by atoms with Gasteiger partial charge in [-0.3, -0.25) is 4.79 Å². The van der Waals surface area contributed by atoms with Gasteiger partial charge in [-0.25, -0.2) is 17.5 Å². The molecule has 1 fully saturated rings. The molecule has 2 aromatic carbocycles. The van der Waals surface area contributed by atoms with E-state index in [1.165, 1.54) is 8.99 Å². The average molecular weight is 479 g/mol. The normalized spacial score (nSPS) is 15.0. The lowest BCUT2D eigenvalue weighted by Crippen LogP contribution is -2.40. The number of nitrogens with one attached hydrogen (secondary N) is 1. The van der Waals surface area contributed by atoms with Crippen molar-refractivity contribution in [1.29, 1.82) is 0 Å². The SMILES string of the molecule is Cc1cc(NC(=O)c2cc(S(=O)(=O)N3CCOCC3)ccc2F)n(-c2cccc(Cl)c2)n1. The molecule has 1 amide bonds. The Morgan fingerprint density at radius 2 is 1.91 bits per heavy atom. The van der Waals surface area contributed by atoms with Crippen molar-refractivity contribution in [2.24, 2.45) is 0 Å². The van der Waals surface area contributed by atoms with Crippen molar-refractivity contribution < 1.29 is 22.3 Å². The Morgan fingerprint density at radius 3 is 2.62 bits per heavy atom. The molecular formula is C21H20ClFN4O4S. The second-order valence-corrected chi connectivity index (χ2v) is 9.55. The molecule has 0 saturated carbocycles. The van der Waals surface area contributed by atoms with Gasteiger partial charge in [0, 0.05) is 24.2 Å². The molecule has 0 bridgehead atoms. The number of hydrogen-bond acceptors (Lipinski definition) is 5. The van der Waals surface area contributed by atoms with E-state index in [2.05, 4.69) is 10.4 Å². The largest absolute Gasteiger partial charge is 0.379 e. The number of nitrogens with zero attached hydrogens (tertiary/aromatic N) is 3. The number of sulfonamides is 1. The summed E-state index contributed by atoms with van der Waals surface area (Å²) in [6, 6.07) is 11.6. The van der Waals surface area contributed by atoms with Gasteiger partial charge in [0.2, 0.25) is 10.0 Å². The van der Waals surface area contributed by atoms with Crippen LogP contribution in [0.2, 0.25) is 5.02 Å². The fraction of sp³-hybridized carbons (Fsp3) is 0.238. The number of hydrogen-bond donors (Lipinski definition) is 1. The van der Waals surface area contributed by atoms with Crippen molar-refractivity contribution in [1.82, 2.24) is 14.1 Å². The van der Waals surface area contributed by atoms with Crippen molar-refractivity contribution in [3.05, 3.63) is 70.6 Å². The molecule has 0 radical (unpaired) electrons. The minimum absolute atomic E-state index is 0.162. The maximum absolute atomic E-state index is 14.5. The molecule has 1 N–H and O–H groups in total. The summed E-state index contributed by atoms with van der Waals surface area (Å²) in [5, 5.41) is 7.45. The van der Waals surface area contributed by atoms with Gasteiger partial charge in [0.25, 0.3) is 5.91 Å². The number of anilines is 1. The number of aryl methyl sites for hydroxylation is 1. The van der Waals surface area contributed by atoms with Gasteiger partial charge in [0.1, 0.15) is 11.6 Å². The molecule has 1 aliphatic rings. The van der Waals surface area contributed by atoms with Gasteiger partial charge in [-0.1, -0.05) is 17.7 Å². The lowest BCUT2D eigenvalue weighted by molar-refractivity contribution is 0.0730. The van der Waals surface area contributed by atoms with Gasteiger partial charge >= 0.3 is 0 Å². The number of benzene rings is 2. The lowest BCUT2D eigenvalue weighted by atomic mass is 10.2. The molecule has 1 saturated heterocycles. The zero-order valence-electron chi connectivity index (χ0n) is 17.1. The Bertz CT molecular complexity index is 1270. The molecule has 0 unspecified atom stereocenters. The summed E-state index contributed by atoms with van der Waals surface area (Å²) >= 11 is 6.05. The van der Waals surface area contributed by atoms with Gasteiger partial charge in [0.15, 0.2) is 0 Å². The maximum Gasteiger partial charge on any atom is 0.259 e. The predicted octanol–water partition coefficient (Wildman–Crippen LogP) is 3.25. The average Bonchev–Trinajstić information content (AvgIpc) is 3.14. The fourth-order valence-corrected chi connectivity index (χ4v) is 4.97. The maximum atomic E-state index is 14.5. The van der Waals surface area contributed by atoms with Gasteiger partial charge < -0.3 is 10.1 Å². The predicted molar refractivity (Wildman–Crippen MR) is 117 cm³/mol. The second kappa shape index (κ2) is 8.99. The number of carbonyl (C=O) groups is 1. The Hall–Kier alpha value is -2.79. The van der Waals surface area contributed by atoms with Crippen LogP contribution < -0.4 is 5.32 Å². The van der Waals surface area contributed by atoms with E-state index in [1.807, 2.05) is 0 Å². The molecule has 4 rings (SSSR count). The van der Waals surface area contributed by atoms with Crippen LogP contribution in [-0.2, 0) is 14.8 Å². The van der Waals surface area contributed by atoms with Crippen LogP contribution in [0.4, 0.5) is 10.2 Å². The summed E-state index contributed by atoms with van der Waals surface area (Å²) in [4.78, 5) is 12.7. The monoisotopic (exact) mass is 478 g/mol. The van der Waals surface area contributed by atoms with Crippen LogP contribution in [0.15, 0.2) is 53.4 Å². The fourth-order valence-electron chi connectivity index (χ4n) is 3.35. The van der Waals surface area contributed by atoms with Crippen molar-refractivity contribution in [3.8, 4) is 5.69 Å². The van der Waals surface area contributed by atoms with E-state index >= 15 is 0 Å². The summed E-state index contributed by atoms with van der Waals surface area (Å²) in [5.41, 5.74) is 0.824. The Kier molecular flexibility index (Phi) is 6.29. The van der Waals surface area contributed by atoms with Crippen molar-refractivity contribution in [3.63, 3.8) is 0 Å². The van der Waals surface area contributed by atoms with Crippen LogP contribution in [0, 0.1) is 12.7 Å². The summed E-state index contributed by atoms with van der Waals surface area (Å²) in [7, 11) is -3.89. The second-order valence-electron chi connectivity index (χ2n) is 7.17. The highest BCUT2D eigenvalue weighted by molar-refractivity contribution is 7.89. The molecule has 32 heavy (non-hydrogen) atoms. The van der Waals surface area contributed by atoms with E-state index in [0.717, 1.165) is 18.2 Å². The van der Waals surface area contributed by atoms with Crippen LogP contribution in [-0.4, -0.2) is 54.7 Å². The van der Waals surface area contributed by atoms with Gasteiger partial charge in [-0.2, -0.15) is 9.40 Å². The smallest absolute Gasteiger partial charge is 0.259 e. The third kappa shape index (κ3) is 4.53. The van der Waals surface area contributed by atoms with Gasteiger partial charge in [-0.05, 0) is 43.3 Å². The molecule has 11 heteroatoms. The minimum atomic E-state index is -3.89. The molecule has 1 aromatic heterocycles. The van der Waals surface area contributed by atoms with E-state index in [4.69, 9.17) is 16.3 Å². The lowest BCUT2D eigenvalue weighted by Gasteiger charge is -2.26. The van der Waals surface area contributed by atoms with E-state index in [-0.39, 0.29) is 37.0 Å². The third-order valence-electron chi connectivity index (χ3n) is 4.92. The standard InChI is InChI=1S/C21H20ClFN4O4S/c1-14-11-20(27(25-14)16-4-2-3-15(22)12-16)24-21(28)18-13-17(5-6-19(18)23)32(29,30)26-7-9-31-10-8-26/h2-6,11-13H,7-10H2,1H3,(H,24,28). The number of aromatic nitrogens is 2. The van der Waals surface area contributed by atoms with Crippen molar-refractivity contribution in [2.45, 2.75) is 11.8 Å². The topological polar surface area (TPSA) is 93.5 Å². The quantitative estimate of drug-likeness (QED) is 0.607. The molecule has 0 atom stereocenters. The number of ether oxygens (including phenoxy) is 1. The van der Waals surface area contributed by atoms with Crippen LogP contribution in [0.25, 0.3) is 5.69 Å². The molecule has 8 nitrogen and oxygen atoms in total. The van der Waals surface area contributed by atoms with E-state index in [0.29, 0.717) is 16.4 Å². The van der Waals surface area contributed by atoms with Crippen LogP contribution in [0.1, 0.15) is 16.1 Å². The zero-order valence-corrected chi connectivity index (χ0v) is 18.7. The number of morpholine rings is 1. The molecule has 168 valence electrons. The highest BCUT2D eigenvalue weighted by atomic mass is 35.5. The molecule has 0 aliphatic carbocycles. The molecule has 3 aromatic rings. The number of halogens is 2. The highest BCUT2D eigenvalue weighted by Gasteiger charge is 2.28. The van der Waals surface area contributed by atoms with Crippen LogP contribution in [0.3, 0.4) is 0 Å². The minimum Gasteiger partial charge on any atom is -0.379 e. The summed E-state index contributed by atoms with van der Waals surface area (Å²) < 4.78 is 48.2. The van der Waals surface area contributed by atoms with Gasteiger partial charge in [-0.15, -0.1) is 0 Å². The zero-order chi connectivity index (χ0) is 22.9. The van der Waals surface area contributed by atoms with Crippen molar-refractivity contribution in [2.75, 3.05) is 31.6 Å². The number of amides is 1. The number of carbonyl (C=O) groups excluding carboxylic acids is 1. The first kappa shape index (κ1) is 22.4. The summed E-state index contributed by atoms with van der Waals surface area (Å²) in [5.74, 6) is -1.35. The third-order valence-corrected chi connectivity index (χ3v) is 7.05. The van der Waals surface area contributed by atoms with E-state index in [1.54, 1.807) is 37.3 Å². The van der Waals surface area contributed by atoms with E-state index in [9.17, 15) is 17.6 Å². The van der Waals surface area contributed by atoms with Gasteiger partial charge in [0.05, 0.1) is 35.1 Å². The highest BCUT2D eigenvalue weighted by Crippen LogP contribution is 2.23. The Labute approximate surface area is 189 Å². The van der Waals surface area contributed by atoms with E-state index < -0.39 is 27.3 Å². The molecular weight excluding hydrogens is 459 g/mol. The molecule has 0 spiro atoms. The molecule has 2 heterocycles. The first-order valence-electron chi connectivity index (χ1n) is 9.77. The Morgan fingerprint density at radius 1 is 1.16 bits per heavy atom. The Balaban J connectivity index is 1.64. The summed E-state index contributed by atoms with van der Waals surface area (Å²) in [6.07, 6.45) is 0. The van der Waals surface area contributed by atoms with Crippen LogP contribution >= 0.6 is 11.6 Å². The molecule has 1 aliphatic heterocycles. The summed E-state index contributed by atoms with van der Waals surface area (Å²) in [6.45, 7) is 2.69. The van der Waals surface area contributed by atoms with Crippen molar-refractivity contribution >= 4 is 33.3 Å².